The van der Waals surface area contributed by atoms with Gasteiger partial charge in [0.05, 0.1) is 22.9 Å². The fourth-order valence-corrected chi connectivity index (χ4v) is 3.96. The van der Waals surface area contributed by atoms with Crippen LogP contribution in [0.15, 0.2) is 18.3 Å². The number of sulfonamides is 1. The zero-order valence-electron chi connectivity index (χ0n) is 13.0. The maximum absolute atomic E-state index is 12.4. The van der Waals surface area contributed by atoms with E-state index in [1.54, 1.807) is 0 Å². The molecule has 10 heteroatoms. The number of rotatable bonds is 6. The largest absolute Gasteiger partial charge is 0.373 e. The smallest absolute Gasteiger partial charge is 0.311 e. The maximum atomic E-state index is 12.4. The summed E-state index contributed by atoms with van der Waals surface area (Å²) in [5.74, 6) is -0.100. The van der Waals surface area contributed by atoms with E-state index in [-0.39, 0.29) is 36.0 Å². The molecule has 9 nitrogen and oxygen atoms in total. The lowest BCUT2D eigenvalue weighted by Gasteiger charge is -2.34. The van der Waals surface area contributed by atoms with E-state index in [4.69, 9.17) is 4.74 Å². The standard InChI is InChI=1S/C13H20N4O5S/c1-10-8-16(9-11(2)22-10)23(20,21)7-6-15-13-12(17(18)19)4-3-5-14-13/h3-5,10-11H,6-9H2,1-2H3,(H,14,15)/t10-,11+. The summed E-state index contributed by atoms with van der Waals surface area (Å²) in [6.45, 7) is 4.33. The average molecular weight is 344 g/mol. The summed E-state index contributed by atoms with van der Waals surface area (Å²) in [5.41, 5.74) is -0.182. The number of anilines is 1. The number of hydrogen-bond donors (Lipinski definition) is 1. The molecule has 2 atom stereocenters. The Hall–Kier alpha value is -1.78. The number of aromatic nitrogens is 1. The van der Waals surface area contributed by atoms with Crippen LogP contribution in [0.5, 0.6) is 0 Å². The first-order valence-corrected chi connectivity index (χ1v) is 8.87. The van der Waals surface area contributed by atoms with E-state index < -0.39 is 14.9 Å². The normalized spacial score (nSPS) is 22.7. The minimum atomic E-state index is -3.46. The third kappa shape index (κ3) is 4.60. The summed E-state index contributed by atoms with van der Waals surface area (Å²) in [6, 6.07) is 2.77. The highest BCUT2D eigenvalue weighted by molar-refractivity contribution is 7.89. The van der Waals surface area contributed by atoms with E-state index in [1.807, 2.05) is 13.8 Å². The molecular formula is C13H20N4O5S. The van der Waals surface area contributed by atoms with E-state index in [9.17, 15) is 18.5 Å². The zero-order chi connectivity index (χ0) is 17.0. The topological polar surface area (TPSA) is 115 Å². The van der Waals surface area contributed by atoms with Crippen molar-refractivity contribution in [2.45, 2.75) is 26.1 Å². The molecular weight excluding hydrogens is 324 g/mol. The number of nitrogens with zero attached hydrogens (tertiary/aromatic N) is 3. The van der Waals surface area contributed by atoms with Crippen LogP contribution in [-0.2, 0) is 14.8 Å². The van der Waals surface area contributed by atoms with Crippen molar-refractivity contribution in [3.8, 4) is 0 Å². The molecule has 2 heterocycles. The second-order valence-corrected chi connectivity index (χ2v) is 7.53. The minimum Gasteiger partial charge on any atom is -0.373 e. The van der Waals surface area contributed by atoms with Gasteiger partial charge < -0.3 is 10.1 Å². The summed E-state index contributed by atoms with van der Waals surface area (Å²) in [7, 11) is -3.46. The molecule has 1 aliphatic rings. The Morgan fingerprint density at radius 3 is 2.70 bits per heavy atom. The fourth-order valence-electron chi connectivity index (χ4n) is 2.47. The molecule has 1 aromatic heterocycles. The fraction of sp³-hybridized carbons (Fsp3) is 0.615. The van der Waals surface area contributed by atoms with Gasteiger partial charge in [0.15, 0.2) is 0 Å². The zero-order valence-corrected chi connectivity index (χ0v) is 13.8. The predicted molar refractivity (Wildman–Crippen MR) is 84.7 cm³/mol. The monoisotopic (exact) mass is 344 g/mol. The van der Waals surface area contributed by atoms with E-state index in [1.165, 1.54) is 22.6 Å². The summed E-state index contributed by atoms with van der Waals surface area (Å²) in [4.78, 5) is 14.2. The second kappa shape index (κ2) is 7.20. The summed E-state index contributed by atoms with van der Waals surface area (Å²) >= 11 is 0. The highest BCUT2D eigenvalue weighted by Crippen LogP contribution is 2.20. The third-order valence-electron chi connectivity index (χ3n) is 3.42. The van der Waals surface area contributed by atoms with Crippen LogP contribution in [-0.4, -0.2) is 60.2 Å². The van der Waals surface area contributed by atoms with Crippen LogP contribution in [0.25, 0.3) is 0 Å². The first kappa shape index (κ1) is 17.6. The van der Waals surface area contributed by atoms with Gasteiger partial charge in [-0.05, 0) is 19.9 Å². The number of nitro groups is 1. The first-order chi connectivity index (χ1) is 10.8. The van der Waals surface area contributed by atoms with Gasteiger partial charge in [-0.25, -0.2) is 13.4 Å². The van der Waals surface area contributed by atoms with E-state index in [2.05, 4.69) is 10.3 Å². The first-order valence-electron chi connectivity index (χ1n) is 7.26. The van der Waals surface area contributed by atoms with Gasteiger partial charge in [-0.15, -0.1) is 0 Å². The van der Waals surface area contributed by atoms with Gasteiger partial charge in [-0.1, -0.05) is 0 Å². The van der Waals surface area contributed by atoms with E-state index in [0.717, 1.165) is 0 Å². The van der Waals surface area contributed by atoms with Crippen LogP contribution in [0.4, 0.5) is 11.5 Å². The SMILES string of the molecule is C[C@@H]1CN(S(=O)(=O)CCNc2ncccc2[N+](=O)[O-])C[C@H](C)O1. The molecule has 0 saturated carbocycles. The number of nitrogens with one attached hydrogen (secondary N) is 1. The summed E-state index contributed by atoms with van der Waals surface area (Å²) in [6.07, 6.45) is 1.10. The van der Waals surface area contributed by atoms with Crippen molar-refractivity contribution in [3.63, 3.8) is 0 Å². The number of ether oxygens (including phenoxy) is 1. The average Bonchev–Trinajstić information content (AvgIpc) is 2.46. The molecule has 23 heavy (non-hydrogen) atoms. The molecule has 0 aliphatic carbocycles. The van der Waals surface area contributed by atoms with Crippen molar-refractivity contribution in [3.05, 3.63) is 28.4 Å². The minimum absolute atomic E-state index is 0.0420. The molecule has 0 unspecified atom stereocenters. The van der Waals surface area contributed by atoms with Crippen molar-refractivity contribution >= 4 is 21.5 Å². The Morgan fingerprint density at radius 2 is 2.09 bits per heavy atom. The third-order valence-corrected chi connectivity index (χ3v) is 5.22. The molecule has 0 bridgehead atoms. The Morgan fingerprint density at radius 1 is 1.43 bits per heavy atom. The molecule has 1 N–H and O–H groups in total. The van der Waals surface area contributed by atoms with Crippen LogP contribution in [0.1, 0.15) is 13.8 Å². The van der Waals surface area contributed by atoms with Crippen molar-refractivity contribution in [1.82, 2.24) is 9.29 Å². The Balaban J connectivity index is 1.96. The lowest BCUT2D eigenvalue weighted by atomic mass is 10.3. The van der Waals surface area contributed by atoms with E-state index in [0.29, 0.717) is 13.1 Å². The molecule has 2 rings (SSSR count). The number of pyridine rings is 1. The van der Waals surface area contributed by atoms with Crippen LogP contribution < -0.4 is 5.32 Å². The molecule has 1 saturated heterocycles. The highest BCUT2D eigenvalue weighted by atomic mass is 32.2. The van der Waals surface area contributed by atoms with Gasteiger partial charge >= 0.3 is 5.69 Å². The molecule has 1 aliphatic heterocycles. The molecule has 128 valence electrons. The van der Waals surface area contributed by atoms with Gasteiger partial charge in [0.2, 0.25) is 15.8 Å². The van der Waals surface area contributed by atoms with Gasteiger partial charge in [0.1, 0.15) is 0 Å². The Bertz CT molecular complexity index is 656. The number of morpholine rings is 1. The lowest BCUT2D eigenvalue weighted by Crippen LogP contribution is -2.49. The Labute approximate surface area is 134 Å². The maximum Gasteiger partial charge on any atom is 0.311 e. The molecule has 0 amide bonds. The van der Waals surface area contributed by atoms with Gasteiger partial charge in [-0.3, -0.25) is 10.1 Å². The van der Waals surface area contributed by atoms with Gasteiger partial charge in [0, 0.05) is 31.9 Å². The van der Waals surface area contributed by atoms with Crippen molar-refractivity contribution < 1.29 is 18.1 Å². The summed E-state index contributed by atoms with van der Waals surface area (Å²) < 4.78 is 31.6. The van der Waals surface area contributed by atoms with E-state index >= 15 is 0 Å². The molecule has 1 fully saturated rings. The summed E-state index contributed by atoms with van der Waals surface area (Å²) in [5, 5.41) is 13.6. The molecule has 0 radical (unpaired) electrons. The van der Waals surface area contributed by atoms with Gasteiger partial charge in [0.25, 0.3) is 0 Å². The lowest BCUT2D eigenvalue weighted by molar-refractivity contribution is -0.384. The van der Waals surface area contributed by atoms with Gasteiger partial charge in [-0.2, -0.15) is 4.31 Å². The Kier molecular flexibility index (Phi) is 5.50. The molecule has 0 spiro atoms. The predicted octanol–water partition coefficient (Wildman–Crippen LogP) is 0.841. The van der Waals surface area contributed by atoms with Crippen LogP contribution >= 0.6 is 0 Å². The molecule has 0 aromatic carbocycles. The van der Waals surface area contributed by atoms with Crippen molar-refractivity contribution in [2.75, 3.05) is 30.7 Å². The van der Waals surface area contributed by atoms with Crippen LogP contribution in [0, 0.1) is 10.1 Å². The molecule has 1 aromatic rings. The van der Waals surface area contributed by atoms with Crippen LogP contribution in [0.2, 0.25) is 0 Å². The second-order valence-electron chi connectivity index (χ2n) is 5.45. The highest BCUT2D eigenvalue weighted by Gasteiger charge is 2.30. The number of hydrogen-bond acceptors (Lipinski definition) is 7. The van der Waals surface area contributed by atoms with Crippen molar-refractivity contribution in [2.24, 2.45) is 0 Å². The van der Waals surface area contributed by atoms with Crippen LogP contribution in [0.3, 0.4) is 0 Å². The quantitative estimate of drug-likeness (QED) is 0.600. The van der Waals surface area contributed by atoms with Crippen molar-refractivity contribution in [1.29, 1.82) is 0 Å².